The van der Waals surface area contributed by atoms with Gasteiger partial charge in [0, 0.05) is 0 Å². The summed E-state index contributed by atoms with van der Waals surface area (Å²) in [6.07, 6.45) is 17.8. The Kier molecular flexibility index (Phi) is 10.5. The quantitative estimate of drug-likeness (QED) is 0.305. The predicted octanol–water partition coefficient (Wildman–Crippen LogP) is 8.45. The molecule has 150 valence electrons. The van der Waals surface area contributed by atoms with Gasteiger partial charge in [-0.2, -0.15) is 0 Å². The van der Waals surface area contributed by atoms with Crippen LogP contribution in [-0.2, 0) is 0 Å². The average Bonchev–Trinajstić information content (AvgIpc) is 2.81. The Labute approximate surface area is 163 Å². The van der Waals surface area contributed by atoms with Crippen LogP contribution in [0.3, 0.4) is 0 Å². The third kappa shape index (κ3) is 8.23. The monoisotopic (exact) mass is 362 g/mol. The fourth-order valence-electron chi connectivity index (χ4n) is 4.26. The van der Waals surface area contributed by atoms with E-state index in [1.807, 2.05) is 0 Å². The Balaban J connectivity index is 2.51. The molecule has 0 N–H and O–H groups in total. The summed E-state index contributed by atoms with van der Waals surface area (Å²) in [6, 6.07) is 0. The van der Waals surface area contributed by atoms with Crippen molar-refractivity contribution in [2.75, 3.05) is 6.67 Å². The van der Waals surface area contributed by atoms with E-state index in [9.17, 15) is 4.39 Å². The largest absolute Gasteiger partial charge is 0.250 e. The van der Waals surface area contributed by atoms with Gasteiger partial charge in [-0.3, -0.25) is 4.39 Å². The molecule has 0 radical (unpaired) electrons. The van der Waals surface area contributed by atoms with Gasteiger partial charge in [-0.05, 0) is 80.6 Å². The second-order valence-electron chi connectivity index (χ2n) is 9.34. The summed E-state index contributed by atoms with van der Waals surface area (Å²) in [5.41, 5.74) is 2.74. The smallest absolute Gasteiger partial charge is 0.0950 e. The van der Waals surface area contributed by atoms with Crippen molar-refractivity contribution in [3.63, 3.8) is 0 Å². The normalized spacial score (nSPS) is 19.5. The average molecular weight is 363 g/mol. The first kappa shape index (κ1) is 23.2. The molecule has 0 saturated heterocycles. The van der Waals surface area contributed by atoms with Crippen LogP contribution in [-0.4, -0.2) is 6.67 Å². The maximum absolute atomic E-state index is 14.0. The molecule has 0 nitrogen and oxygen atoms in total. The van der Waals surface area contributed by atoms with Crippen molar-refractivity contribution in [1.29, 1.82) is 0 Å². The Morgan fingerprint density at radius 3 is 2.42 bits per heavy atom. The van der Waals surface area contributed by atoms with Gasteiger partial charge < -0.3 is 0 Å². The second kappa shape index (κ2) is 11.8. The van der Waals surface area contributed by atoms with E-state index in [1.165, 1.54) is 24.0 Å². The molecule has 0 heterocycles. The zero-order valence-corrected chi connectivity index (χ0v) is 18.3. The zero-order chi connectivity index (χ0) is 19.6. The highest BCUT2D eigenvalue weighted by Gasteiger charge is 2.31. The van der Waals surface area contributed by atoms with E-state index in [4.69, 9.17) is 0 Å². The van der Waals surface area contributed by atoms with Crippen molar-refractivity contribution in [2.24, 2.45) is 23.2 Å². The fourth-order valence-corrected chi connectivity index (χ4v) is 4.26. The summed E-state index contributed by atoms with van der Waals surface area (Å²) in [6.45, 7) is 13.5. The summed E-state index contributed by atoms with van der Waals surface area (Å²) in [4.78, 5) is 0. The van der Waals surface area contributed by atoms with Gasteiger partial charge in [0.25, 0.3) is 0 Å². The van der Waals surface area contributed by atoms with E-state index in [0.717, 1.165) is 44.4 Å². The van der Waals surface area contributed by atoms with Gasteiger partial charge in [0.2, 0.25) is 0 Å². The molecule has 1 aliphatic rings. The summed E-state index contributed by atoms with van der Waals surface area (Å²) >= 11 is 0. The standard InChI is InChI=1S/C25H43F/c1-7-25(19-26,18-23(6)22(5)17-20(2)3)16-9-8-12-24-13-10-11-21(4)14-15-24/h10,13-15,20,22-23H,7-9,11-12,16-19H2,1-6H3. The maximum Gasteiger partial charge on any atom is 0.0950 e. The van der Waals surface area contributed by atoms with Crippen LogP contribution in [0.5, 0.6) is 0 Å². The lowest BCUT2D eigenvalue weighted by molar-refractivity contribution is 0.115. The fraction of sp³-hybridized carbons (Fsp3) is 0.760. The number of hydrogen-bond donors (Lipinski definition) is 0. The van der Waals surface area contributed by atoms with Gasteiger partial charge in [0.15, 0.2) is 0 Å². The topological polar surface area (TPSA) is 0 Å². The molecule has 0 aromatic rings. The highest BCUT2D eigenvalue weighted by Crippen LogP contribution is 2.39. The third-order valence-corrected chi connectivity index (χ3v) is 6.38. The molecule has 1 rings (SSSR count). The van der Waals surface area contributed by atoms with Gasteiger partial charge >= 0.3 is 0 Å². The lowest BCUT2D eigenvalue weighted by Crippen LogP contribution is -2.28. The first-order valence-electron chi connectivity index (χ1n) is 10.9. The summed E-state index contributed by atoms with van der Waals surface area (Å²) in [7, 11) is 0. The van der Waals surface area contributed by atoms with Gasteiger partial charge in [-0.15, -0.1) is 0 Å². The highest BCUT2D eigenvalue weighted by molar-refractivity contribution is 5.30. The molecular formula is C25H43F. The molecule has 3 unspecified atom stereocenters. The van der Waals surface area contributed by atoms with Gasteiger partial charge in [0.1, 0.15) is 0 Å². The maximum atomic E-state index is 14.0. The van der Waals surface area contributed by atoms with Crippen LogP contribution in [0.4, 0.5) is 4.39 Å². The van der Waals surface area contributed by atoms with Crippen molar-refractivity contribution < 1.29 is 4.39 Å². The zero-order valence-electron chi connectivity index (χ0n) is 18.3. The lowest BCUT2D eigenvalue weighted by atomic mass is 9.71. The first-order valence-corrected chi connectivity index (χ1v) is 10.9. The molecule has 0 aromatic heterocycles. The molecule has 3 atom stereocenters. The molecule has 0 fully saturated rings. The van der Waals surface area contributed by atoms with E-state index >= 15 is 0 Å². The highest BCUT2D eigenvalue weighted by atomic mass is 19.1. The Morgan fingerprint density at radius 2 is 1.81 bits per heavy atom. The van der Waals surface area contributed by atoms with E-state index < -0.39 is 0 Å². The van der Waals surface area contributed by atoms with Crippen LogP contribution in [0.15, 0.2) is 35.5 Å². The Hall–Kier alpha value is -0.850. The van der Waals surface area contributed by atoms with Crippen LogP contribution < -0.4 is 0 Å². The van der Waals surface area contributed by atoms with Gasteiger partial charge in [0.05, 0.1) is 6.67 Å². The van der Waals surface area contributed by atoms with Crippen molar-refractivity contribution >= 4 is 0 Å². The van der Waals surface area contributed by atoms with Crippen LogP contribution in [0.1, 0.15) is 92.9 Å². The van der Waals surface area contributed by atoms with E-state index in [2.05, 4.69) is 65.8 Å². The minimum absolute atomic E-state index is 0.102. The molecule has 1 heteroatoms. The van der Waals surface area contributed by atoms with Crippen molar-refractivity contribution in [3.8, 4) is 0 Å². The van der Waals surface area contributed by atoms with Crippen LogP contribution in [0.25, 0.3) is 0 Å². The minimum atomic E-state index is -0.160. The molecule has 0 saturated carbocycles. The number of rotatable bonds is 12. The number of alkyl halides is 1. The minimum Gasteiger partial charge on any atom is -0.250 e. The van der Waals surface area contributed by atoms with E-state index in [1.54, 1.807) is 0 Å². The number of hydrogen-bond acceptors (Lipinski definition) is 0. The summed E-state index contributed by atoms with van der Waals surface area (Å²) in [5.74, 6) is 2.02. The van der Waals surface area contributed by atoms with E-state index in [0.29, 0.717) is 11.8 Å². The number of halogens is 1. The summed E-state index contributed by atoms with van der Waals surface area (Å²) in [5, 5.41) is 0. The molecule has 0 spiro atoms. The molecular weight excluding hydrogens is 319 g/mol. The molecule has 1 aliphatic carbocycles. The SMILES string of the molecule is CCC(CF)(CCCCC1=CC=C(C)CC=C1)CC(C)C(C)CC(C)C. The second-order valence-corrected chi connectivity index (χ2v) is 9.34. The molecule has 26 heavy (non-hydrogen) atoms. The van der Waals surface area contributed by atoms with Crippen LogP contribution in [0, 0.1) is 23.2 Å². The van der Waals surface area contributed by atoms with Crippen molar-refractivity contribution in [2.45, 2.75) is 92.9 Å². The first-order chi connectivity index (χ1) is 12.3. The number of unbranched alkanes of at least 4 members (excludes halogenated alkanes) is 1. The number of allylic oxidation sites excluding steroid dienone is 6. The van der Waals surface area contributed by atoms with Gasteiger partial charge in [-0.1, -0.05) is 70.9 Å². The molecule has 0 amide bonds. The predicted molar refractivity (Wildman–Crippen MR) is 115 cm³/mol. The third-order valence-electron chi connectivity index (χ3n) is 6.38. The van der Waals surface area contributed by atoms with Crippen molar-refractivity contribution in [3.05, 3.63) is 35.5 Å². The van der Waals surface area contributed by atoms with Crippen LogP contribution >= 0.6 is 0 Å². The van der Waals surface area contributed by atoms with Gasteiger partial charge in [-0.25, -0.2) is 0 Å². The summed E-state index contributed by atoms with van der Waals surface area (Å²) < 4.78 is 14.0. The molecule has 0 aromatic carbocycles. The Bertz CT molecular complexity index is 476. The van der Waals surface area contributed by atoms with E-state index in [-0.39, 0.29) is 12.1 Å². The van der Waals surface area contributed by atoms with Crippen LogP contribution in [0.2, 0.25) is 0 Å². The lowest BCUT2D eigenvalue weighted by Gasteiger charge is -2.35. The Morgan fingerprint density at radius 1 is 1.08 bits per heavy atom. The van der Waals surface area contributed by atoms with Crippen molar-refractivity contribution in [1.82, 2.24) is 0 Å². The molecule has 0 aliphatic heterocycles. The molecule has 0 bridgehead atoms.